The van der Waals surface area contributed by atoms with Gasteiger partial charge in [0.15, 0.2) is 11.5 Å². The number of hydrogen-bond donors (Lipinski definition) is 0. The van der Waals surface area contributed by atoms with Crippen molar-refractivity contribution in [2.45, 2.75) is 31.5 Å². The number of halogens is 6. The number of carbonyl (C=O) groups excluding carboxylic acids is 1. The van der Waals surface area contributed by atoms with Gasteiger partial charge in [0, 0.05) is 12.1 Å². The first-order valence-electron chi connectivity index (χ1n) is 14.5. The molecule has 0 bridgehead atoms. The lowest BCUT2D eigenvalue weighted by Gasteiger charge is -2.33. The van der Waals surface area contributed by atoms with Crippen LogP contribution in [-0.4, -0.2) is 17.9 Å². The molecule has 0 spiro atoms. The van der Waals surface area contributed by atoms with Crippen molar-refractivity contribution in [1.29, 1.82) is 0 Å². The Labute approximate surface area is 267 Å². The van der Waals surface area contributed by atoms with Crippen molar-refractivity contribution in [2.24, 2.45) is 0 Å². The summed E-state index contributed by atoms with van der Waals surface area (Å²) in [5, 5.41) is 0. The van der Waals surface area contributed by atoms with Gasteiger partial charge in [0.25, 0.3) is 5.91 Å². The minimum absolute atomic E-state index is 0.00598. The van der Waals surface area contributed by atoms with Crippen LogP contribution in [0.3, 0.4) is 0 Å². The lowest BCUT2D eigenvalue weighted by atomic mass is 9.95. The fourth-order valence-electron chi connectivity index (χ4n) is 5.21. The van der Waals surface area contributed by atoms with E-state index < -0.39 is 41.0 Å². The fourth-order valence-corrected chi connectivity index (χ4v) is 5.21. The van der Waals surface area contributed by atoms with E-state index in [1.165, 1.54) is 12.0 Å². The Balaban J connectivity index is 1.61. The van der Waals surface area contributed by atoms with Crippen molar-refractivity contribution in [3.8, 4) is 11.5 Å². The number of nitrogens with zero attached hydrogens (tertiary/aromatic N) is 1. The number of carbonyl (C=O) groups is 1. The first-order valence-corrected chi connectivity index (χ1v) is 14.5. The maximum absolute atomic E-state index is 14.3. The molecule has 0 aliphatic rings. The Bertz CT molecular complexity index is 1720. The molecular weight excluding hydrogens is 620 g/mol. The molecule has 0 N–H and O–H groups in total. The van der Waals surface area contributed by atoms with Crippen molar-refractivity contribution < 1.29 is 40.6 Å². The van der Waals surface area contributed by atoms with E-state index in [4.69, 9.17) is 9.47 Å². The van der Waals surface area contributed by atoms with Gasteiger partial charge in [-0.15, -0.1) is 0 Å². The number of benzene rings is 5. The molecule has 0 radical (unpaired) electrons. The molecule has 4 nitrogen and oxygen atoms in total. The van der Waals surface area contributed by atoms with Crippen molar-refractivity contribution in [1.82, 2.24) is 4.90 Å². The van der Waals surface area contributed by atoms with Crippen LogP contribution in [0.2, 0.25) is 0 Å². The normalized spacial score (nSPS) is 11.7. The third-order valence-corrected chi connectivity index (χ3v) is 7.46. The summed E-state index contributed by atoms with van der Waals surface area (Å²) in [7, 11) is 1.44. The van der Waals surface area contributed by atoms with Crippen LogP contribution in [-0.2, 0) is 25.5 Å². The molecule has 0 aliphatic heterocycles. The molecule has 0 saturated carbocycles. The Hall–Kier alpha value is -5.25. The SMILES string of the molecule is COc1cc(CN(C(=O)c2cc(C(F)(F)F)cc(C(F)(F)F)c2)C(c2ccccc2)c2ccccc2)ccc1OCc1ccccc1. The van der Waals surface area contributed by atoms with Gasteiger partial charge in [0.05, 0.1) is 24.3 Å². The molecule has 5 aromatic carbocycles. The number of rotatable bonds is 10. The second-order valence-electron chi connectivity index (χ2n) is 10.7. The van der Waals surface area contributed by atoms with Crippen LogP contribution in [0, 0.1) is 0 Å². The minimum atomic E-state index is -5.12. The number of alkyl halides is 6. The third kappa shape index (κ3) is 8.13. The van der Waals surface area contributed by atoms with Crippen molar-refractivity contribution >= 4 is 5.91 Å². The first-order chi connectivity index (χ1) is 22.4. The number of hydrogen-bond acceptors (Lipinski definition) is 3. The largest absolute Gasteiger partial charge is 0.493 e. The molecule has 47 heavy (non-hydrogen) atoms. The summed E-state index contributed by atoms with van der Waals surface area (Å²) < 4.78 is 94.4. The van der Waals surface area contributed by atoms with Gasteiger partial charge in [-0.2, -0.15) is 26.3 Å². The van der Waals surface area contributed by atoms with E-state index in [0.29, 0.717) is 40.3 Å². The molecule has 0 heterocycles. The van der Waals surface area contributed by atoms with Crippen LogP contribution in [0.1, 0.15) is 49.8 Å². The average Bonchev–Trinajstić information content (AvgIpc) is 3.07. The summed E-state index contributed by atoms with van der Waals surface area (Å²) in [6, 6.07) is 31.9. The summed E-state index contributed by atoms with van der Waals surface area (Å²) in [5.74, 6) is -0.281. The smallest absolute Gasteiger partial charge is 0.416 e. The zero-order valence-electron chi connectivity index (χ0n) is 25.1. The van der Waals surface area contributed by atoms with Gasteiger partial charge >= 0.3 is 12.4 Å². The highest BCUT2D eigenvalue weighted by Crippen LogP contribution is 2.39. The van der Waals surface area contributed by atoms with Gasteiger partial charge in [-0.1, -0.05) is 97.1 Å². The Morgan fingerprint density at radius 2 is 1.15 bits per heavy atom. The number of amides is 1. The lowest BCUT2D eigenvalue weighted by molar-refractivity contribution is -0.143. The monoisotopic (exact) mass is 649 g/mol. The molecule has 0 aromatic heterocycles. The molecule has 0 unspecified atom stereocenters. The number of ether oxygens (including phenoxy) is 2. The lowest BCUT2D eigenvalue weighted by Crippen LogP contribution is -2.35. The van der Waals surface area contributed by atoms with Crippen LogP contribution < -0.4 is 9.47 Å². The minimum Gasteiger partial charge on any atom is -0.493 e. The molecule has 1 amide bonds. The molecule has 5 aromatic rings. The molecule has 0 saturated heterocycles. The Morgan fingerprint density at radius 1 is 0.638 bits per heavy atom. The predicted octanol–water partition coefficient (Wildman–Crippen LogP) is 9.74. The van der Waals surface area contributed by atoms with Gasteiger partial charge in [-0.05, 0) is 52.6 Å². The number of methoxy groups -OCH3 is 1. The second-order valence-corrected chi connectivity index (χ2v) is 10.7. The van der Waals surface area contributed by atoms with Crippen molar-refractivity contribution in [3.05, 3.63) is 166 Å². The van der Waals surface area contributed by atoms with Gasteiger partial charge in [-0.25, -0.2) is 0 Å². The summed E-state index contributed by atoms with van der Waals surface area (Å²) in [4.78, 5) is 15.6. The topological polar surface area (TPSA) is 38.8 Å². The van der Waals surface area contributed by atoms with Crippen LogP contribution >= 0.6 is 0 Å². The highest BCUT2D eigenvalue weighted by molar-refractivity contribution is 5.95. The van der Waals surface area contributed by atoms with Gasteiger partial charge in [0.1, 0.15) is 6.61 Å². The van der Waals surface area contributed by atoms with Crippen LogP contribution in [0.25, 0.3) is 0 Å². The van der Waals surface area contributed by atoms with Gasteiger partial charge in [0.2, 0.25) is 0 Å². The standard InChI is InChI=1S/C37H29F6NO3/c1-46-33-19-26(17-18-32(33)47-24-25-11-5-2-6-12-25)23-44(34(27-13-7-3-8-14-27)28-15-9-4-10-16-28)35(45)29-20-30(36(38,39)40)22-31(21-29)37(41,42)43/h2-22,34H,23-24H2,1H3. The van der Waals surface area contributed by atoms with Gasteiger partial charge in [-0.3, -0.25) is 4.79 Å². The quantitative estimate of drug-likeness (QED) is 0.142. The molecular formula is C37H29F6NO3. The van der Waals surface area contributed by atoms with E-state index in [9.17, 15) is 31.1 Å². The molecule has 10 heteroatoms. The second kappa shape index (κ2) is 14.0. The molecule has 242 valence electrons. The zero-order chi connectivity index (χ0) is 33.6. The average molecular weight is 650 g/mol. The summed E-state index contributed by atoms with van der Waals surface area (Å²) in [6.45, 7) is 0.0581. The predicted molar refractivity (Wildman–Crippen MR) is 165 cm³/mol. The van der Waals surface area contributed by atoms with Crippen LogP contribution in [0.15, 0.2) is 127 Å². The first kappa shape index (κ1) is 33.1. The summed E-state index contributed by atoms with van der Waals surface area (Å²) in [6.07, 6.45) is -10.2. The zero-order valence-corrected chi connectivity index (χ0v) is 25.1. The summed E-state index contributed by atoms with van der Waals surface area (Å²) in [5.41, 5.74) is -1.28. The van der Waals surface area contributed by atoms with E-state index >= 15 is 0 Å². The van der Waals surface area contributed by atoms with Crippen molar-refractivity contribution in [3.63, 3.8) is 0 Å². The molecule has 0 aliphatic carbocycles. The Morgan fingerprint density at radius 3 is 1.64 bits per heavy atom. The maximum Gasteiger partial charge on any atom is 0.416 e. The van der Waals surface area contributed by atoms with E-state index in [2.05, 4.69) is 0 Å². The maximum atomic E-state index is 14.3. The highest BCUT2D eigenvalue weighted by Gasteiger charge is 2.39. The third-order valence-electron chi connectivity index (χ3n) is 7.46. The van der Waals surface area contributed by atoms with E-state index in [1.54, 1.807) is 78.9 Å². The van der Waals surface area contributed by atoms with E-state index in [0.717, 1.165) is 5.56 Å². The molecule has 0 fully saturated rings. The Kier molecular flexibility index (Phi) is 9.89. The molecule has 0 atom stereocenters. The van der Waals surface area contributed by atoms with Crippen LogP contribution in [0.5, 0.6) is 11.5 Å². The highest BCUT2D eigenvalue weighted by atomic mass is 19.4. The fraction of sp³-hybridized carbons (Fsp3) is 0.162. The molecule has 5 rings (SSSR count). The van der Waals surface area contributed by atoms with Crippen molar-refractivity contribution in [2.75, 3.05) is 7.11 Å². The van der Waals surface area contributed by atoms with E-state index in [-0.39, 0.29) is 19.2 Å². The summed E-state index contributed by atoms with van der Waals surface area (Å²) >= 11 is 0. The van der Waals surface area contributed by atoms with E-state index in [1.807, 2.05) is 30.3 Å². The van der Waals surface area contributed by atoms with Crippen LogP contribution in [0.4, 0.5) is 26.3 Å². The van der Waals surface area contributed by atoms with Gasteiger partial charge < -0.3 is 14.4 Å².